The Bertz CT molecular complexity index is 482. The molecule has 0 unspecified atom stereocenters. The summed E-state index contributed by atoms with van der Waals surface area (Å²) in [5.41, 5.74) is 1.03. The Morgan fingerprint density at radius 1 is 1.24 bits per heavy atom. The van der Waals surface area contributed by atoms with Crippen LogP contribution in [0.5, 0.6) is 0 Å². The second-order valence-electron chi connectivity index (χ2n) is 3.98. The third kappa shape index (κ3) is 3.30. The molecule has 3 nitrogen and oxygen atoms in total. The molecular formula is C12H13FN2OS. The molecule has 1 aromatic carbocycles. The number of benzene rings is 1. The molecule has 0 aliphatic rings. The number of hydrogen-bond donors (Lipinski definition) is 0. The largest absolute Gasteiger partial charge is 0.416 e. The van der Waals surface area contributed by atoms with Crippen molar-refractivity contribution >= 4 is 11.8 Å². The first-order chi connectivity index (χ1) is 8.15. The quantitative estimate of drug-likeness (QED) is 0.779. The minimum absolute atomic E-state index is 0.223. The summed E-state index contributed by atoms with van der Waals surface area (Å²) in [6.45, 7) is 4.00. The van der Waals surface area contributed by atoms with E-state index in [-0.39, 0.29) is 11.7 Å². The molecule has 0 fully saturated rings. The molecule has 0 atom stereocenters. The molecule has 0 saturated heterocycles. The van der Waals surface area contributed by atoms with Crippen molar-refractivity contribution < 1.29 is 8.81 Å². The molecular weight excluding hydrogens is 239 g/mol. The molecule has 0 aliphatic heterocycles. The van der Waals surface area contributed by atoms with Gasteiger partial charge >= 0.3 is 0 Å². The molecule has 1 aromatic heterocycles. The van der Waals surface area contributed by atoms with Gasteiger partial charge in [0.1, 0.15) is 5.82 Å². The number of rotatable bonds is 4. The summed E-state index contributed by atoms with van der Waals surface area (Å²) in [7, 11) is 0. The second kappa shape index (κ2) is 5.31. The smallest absolute Gasteiger partial charge is 0.276 e. The Morgan fingerprint density at radius 3 is 2.53 bits per heavy atom. The van der Waals surface area contributed by atoms with Gasteiger partial charge in [0, 0.05) is 11.7 Å². The Morgan fingerprint density at radius 2 is 1.94 bits per heavy atom. The average molecular weight is 252 g/mol. The van der Waals surface area contributed by atoms with Gasteiger partial charge < -0.3 is 4.42 Å². The summed E-state index contributed by atoms with van der Waals surface area (Å²) in [4.78, 5) is 0. The number of nitrogens with zero attached hydrogens (tertiary/aromatic N) is 2. The normalized spacial score (nSPS) is 11.1. The highest BCUT2D eigenvalue weighted by Gasteiger charge is 2.09. The van der Waals surface area contributed by atoms with Gasteiger partial charge in [0.25, 0.3) is 5.22 Å². The van der Waals surface area contributed by atoms with Crippen LogP contribution in [0, 0.1) is 5.82 Å². The summed E-state index contributed by atoms with van der Waals surface area (Å²) < 4.78 is 18.2. The summed E-state index contributed by atoms with van der Waals surface area (Å²) >= 11 is 1.45. The van der Waals surface area contributed by atoms with Gasteiger partial charge in [-0.2, -0.15) is 0 Å². The van der Waals surface area contributed by atoms with Gasteiger partial charge in [-0.25, -0.2) is 4.39 Å². The molecule has 0 aliphatic carbocycles. The van der Waals surface area contributed by atoms with Crippen LogP contribution in [-0.2, 0) is 5.75 Å². The highest BCUT2D eigenvalue weighted by Crippen LogP contribution is 2.23. The highest BCUT2D eigenvalue weighted by atomic mass is 32.2. The predicted molar refractivity (Wildman–Crippen MR) is 64.3 cm³/mol. The van der Waals surface area contributed by atoms with Crippen LogP contribution >= 0.6 is 11.8 Å². The standard InChI is InChI=1S/C12H13FN2OS/c1-8(2)11-14-15-12(16-11)17-7-9-3-5-10(13)6-4-9/h3-6,8H,7H2,1-2H3. The van der Waals surface area contributed by atoms with Crippen LogP contribution in [-0.4, -0.2) is 10.2 Å². The maximum absolute atomic E-state index is 12.7. The van der Waals surface area contributed by atoms with E-state index in [1.54, 1.807) is 12.1 Å². The summed E-state index contributed by atoms with van der Waals surface area (Å²) in [5.74, 6) is 1.35. The van der Waals surface area contributed by atoms with E-state index in [9.17, 15) is 4.39 Å². The Labute approximate surface area is 103 Å². The van der Waals surface area contributed by atoms with Gasteiger partial charge in [-0.05, 0) is 17.7 Å². The van der Waals surface area contributed by atoms with E-state index in [1.807, 2.05) is 13.8 Å². The van der Waals surface area contributed by atoms with Crippen molar-refractivity contribution in [3.05, 3.63) is 41.5 Å². The fourth-order valence-corrected chi connectivity index (χ4v) is 1.96. The van der Waals surface area contributed by atoms with Crippen molar-refractivity contribution in [2.24, 2.45) is 0 Å². The fraction of sp³-hybridized carbons (Fsp3) is 0.333. The van der Waals surface area contributed by atoms with Gasteiger partial charge in [-0.1, -0.05) is 37.7 Å². The minimum Gasteiger partial charge on any atom is -0.416 e. The van der Waals surface area contributed by atoms with Gasteiger partial charge in [0.05, 0.1) is 0 Å². The van der Waals surface area contributed by atoms with Crippen molar-refractivity contribution in [3.63, 3.8) is 0 Å². The minimum atomic E-state index is -0.223. The van der Waals surface area contributed by atoms with Crippen LogP contribution in [0.3, 0.4) is 0 Å². The lowest BCUT2D eigenvalue weighted by molar-refractivity contribution is 0.398. The molecule has 5 heteroatoms. The summed E-state index contributed by atoms with van der Waals surface area (Å²) in [6, 6.07) is 6.40. The van der Waals surface area contributed by atoms with Crippen LogP contribution in [0.4, 0.5) is 4.39 Å². The van der Waals surface area contributed by atoms with Gasteiger partial charge in [0.2, 0.25) is 5.89 Å². The van der Waals surface area contributed by atoms with Crippen molar-refractivity contribution in [1.29, 1.82) is 0 Å². The Kier molecular flexibility index (Phi) is 3.78. The van der Waals surface area contributed by atoms with Crippen LogP contribution < -0.4 is 0 Å². The van der Waals surface area contributed by atoms with Crippen molar-refractivity contribution in [3.8, 4) is 0 Å². The molecule has 0 amide bonds. The molecule has 0 radical (unpaired) electrons. The Hall–Kier alpha value is -1.36. The van der Waals surface area contributed by atoms with E-state index in [0.29, 0.717) is 16.9 Å². The molecule has 2 aromatic rings. The molecule has 0 saturated carbocycles. The Balaban J connectivity index is 1.95. The number of hydrogen-bond acceptors (Lipinski definition) is 4. The summed E-state index contributed by atoms with van der Waals surface area (Å²) in [6.07, 6.45) is 0. The van der Waals surface area contributed by atoms with E-state index in [2.05, 4.69) is 10.2 Å². The highest BCUT2D eigenvalue weighted by molar-refractivity contribution is 7.98. The van der Waals surface area contributed by atoms with Crippen molar-refractivity contribution in [1.82, 2.24) is 10.2 Å². The lowest BCUT2D eigenvalue weighted by atomic mass is 10.2. The van der Waals surface area contributed by atoms with E-state index < -0.39 is 0 Å². The number of thioether (sulfide) groups is 1. The van der Waals surface area contributed by atoms with E-state index >= 15 is 0 Å². The van der Waals surface area contributed by atoms with Crippen molar-refractivity contribution in [2.45, 2.75) is 30.7 Å². The van der Waals surface area contributed by atoms with Crippen LogP contribution in [0.15, 0.2) is 33.9 Å². The van der Waals surface area contributed by atoms with Crippen LogP contribution in [0.1, 0.15) is 31.2 Å². The monoisotopic (exact) mass is 252 g/mol. The lowest BCUT2D eigenvalue weighted by Gasteiger charge is -1.98. The van der Waals surface area contributed by atoms with E-state index in [0.717, 1.165) is 5.56 Å². The topological polar surface area (TPSA) is 38.9 Å². The zero-order valence-corrected chi connectivity index (χ0v) is 10.5. The van der Waals surface area contributed by atoms with E-state index in [1.165, 1.54) is 23.9 Å². The van der Waals surface area contributed by atoms with Gasteiger partial charge in [-0.3, -0.25) is 0 Å². The first-order valence-electron chi connectivity index (χ1n) is 5.36. The molecule has 0 spiro atoms. The zero-order valence-electron chi connectivity index (χ0n) is 9.68. The third-order valence-corrected chi connectivity index (χ3v) is 3.08. The average Bonchev–Trinajstić information content (AvgIpc) is 2.77. The predicted octanol–water partition coefficient (Wildman–Crippen LogP) is 3.62. The summed E-state index contributed by atoms with van der Waals surface area (Å²) in [5, 5.41) is 8.44. The first kappa shape index (κ1) is 12.1. The van der Waals surface area contributed by atoms with Gasteiger partial charge in [0.15, 0.2) is 0 Å². The molecule has 0 bridgehead atoms. The molecule has 17 heavy (non-hydrogen) atoms. The zero-order chi connectivity index (χ0) is 12.3. The van der Waals surface area contributed by atoms with Crippen LogP contribution in [0.2, 0.25) is 0 Å². The molecule has 2 rings (SSSR count). The molecule has 0 N–H and O–H groups in total. The van der Waals surface area contributed by atoms with E-state index in [4.69, 9.17) is 4.42 Å². The first-order valence-corrected chi connectivity index (χ1v) is 6.34. The number of aromatic nitrogens is 2. The maximum atomic E-state index is 12.7. The fourth-order valence-electron chi connectivity index (χ4n) is 1.24. The maximum Gasteiger partial charge on any atom is 0.276 e. The second-order valence-corrected chi connectivity index (χ2v) is 4.90. The lowest BCUT2D eigenvalue weighted by Crippen LogP contribution is -1.85. The molecule has 1 heterocycles. The third-order valence-electron chi connectivity index (χ3n) is 2.19. The van der Waals surface area contributed by atoms with Crippen molar-refractivity contribution in [2.75, 3.05) is 0 Å². The number of halogens is 1. The SMILES string of the molecule is CC(C)c1nnc(SCc2ccc(F)cc2)o1. The van der Waals surface area contributed by atoms with Crippen LogP contribution in [0.25, 0.3) is 0 Å². The molecule has 90 valence electrons. The van der Waals surface area contributed by atoms with Gasteiger partial charge in [-0.15, -0.1) is 10.2 Å².